The number of hydrogen-bond donors (Lipinski definition) is 2. The van der Waals surface area contributed by atoms with Crippen LogP contribution >= 0.6 is 0 Å². The summed E-state index contributed by atoms with van der Waals surface area (Å²) in [6, 6.07) is 16.8. The van der Waals surface area contributed by atoms with Crippen molar-refractivity contribution in [1.29, 1.82) is 0 Å². The van der Waals surface area contributed by atoms with Crippen LogP contribution in [0.1, 0.15) is 66.0 Å². The molecule has 0 aliphatic carbocycles. The van der Waals surface area contributed by atoms with Crippen molar-refractivity contribution in [3.63, 3.8) is 0 Å². The Morgan fingerprint density at radius 2 is 1.49 bits per heavy atom. The highest BCUT2D eigenvalue weighted by atomic mass is 16.5. The summed E-state index contributed by atoms with van der Waals surface area (Å²) in [5, 5.41) is 6.13. The van der Waals surface area contributed by atoms with E-state index in [9.17, 15) is 9.59 Å². The zero-order valence-electron chi connectivity index (χ0n) is 24.0. The molecule has 6 heteroatoms. The maximum Gasteiger partial charge on any atom is 0.243 e. The van der Waals surface area contributed by atoms with Crippen LogP contribution in [0.25, 0.3) is 0 Å². The first-order chi connectivity index (χ1) is 17.3. The predicted octanol–water partition coefficient (Wildman–Crippen LogP) is 5.21. The molecule has 0 fully saturated rings. The minimum Gasteiger partial charge on any atom is -0.489 e. The second-order valence-corrected chi connectivity index (χ2v) is 11.9. The fourth-order valence-corrected chi connectivity index (χ4v) is 4.27. The van der Waals surface area contributed by atoms with E-state index in [0.717, 1.165) is 29.8 Å². The molecule has 0 bridgehead atoms. The van der Waals surface area contributed by atoms with Gasteiger partial charge in [-0.05, 0) is 69.3 Å². The van der Waals surface area contributed by atoms with E-state index in [-0.39, 0.29) is 17.9 Å². The van der Waals surface area contributed by atoms with Crippen molar-refractivity contribution in [2.75, 3.05) is 13.6 Å². The monoisotopic (exact) mass is 509 g/mol. The lowest BCUT2D eigenvalue weighted by atomic mass is 9.99. The summed E-state index contributed by atoms with van der Waals surface area (Å²) in [5.41, 5.74) is 1.66. The second kappa shape index (κ2) is 14.2. The molecule has 0 radical (unpaired) electrons. The van der Waals surface area contributed by atoms with Crippen molar-refractivity contribution < 1.29 is 14.3 Å². The summed E-state index contributed by atoms with van der Waals surface area (Å²) in [7, 11) is 1.99. The number of benzene rings is 2. The molecule has 2 aromatic carbocycles. The number of likely N-dealkylation sites (N-methyl/N-ethyl adjacent to an activating group) is 1. The van der Waals surface area contributed by atoms with Gasteiger partial charge in [0.2, 0.25) is 11.8 Å². The van der Waals surface area contributed by atoms with Crippen LogP contribution in [0.15, 0.2) is 54.6 Å². The smallest absolute Gasteiger partial charge is 0.243 e. The molecule has 6 nitrogen and oxygen atoms in total. The Morgan fingerprint density at radius 3 is 2.03 bits per heavy atom. The average molecular weight is 510 g/mol. The average Bonchev–Trinajstić information content (AvgIpc) is 2.80. The van der Waals surface area contributed by atoms with Gasteiger partial charge in [-0.3, -0.25) is 14.5 Å². The largest absolute Gasteiger partial charge is 0.489 e. The lowest BCUT2D eigenvalue weighted by Gasteiger charge is -2.32. The zero-order chi connectivity index (χ0) is 27.6. The van der Waals surface area contributed by atoms with Crippen molar-refractivity contribution in [3.8, 4) is 5.75 Å². The van der Waals surface area contributed by atoms with Gasteiger partial charge in [0, 0.05) is 18.5 Å². The lowest BCUT2D eigenvalue weighted by Crippen LogP contribution is -2.56. The number of hydrogen-bond acceptors (Lipinski definition) is 4. The van der Waals surface area contributed by atoms with Gasteiger partial charge in [-0.1, -0.05) is 70.2 Å². The van der Waals surface area contributed by atoms with Crippen LogP contribution in [0.5, 0.6) is 5.75 Å². The molecule has 0 unspecified atom stereocenters. The van der Waals surface area contributed by atoms with Crippen LogP contribution in [0.3, 0.4) is 0 Å². The summed E-state index contributed by atoms with van der Waals surface area (Å²) >= 11 is 0. The van der Waals surface area contributed by atoms with Gasteiger partial charge < -0.3 is 15.4 Å². The molecule has 2 atom stereocenters. The van der Waals surface area contributed by atoms with E-state index in [1.165, 1.54) is 0 Å². The number of carbonyl (C=O) groups is 2. The van der Waals surface area contributed by atoms with Crippen molar-refractivity contribution in [3.05, 3.63) is 65.7 Å². The molecule has 0 saturated carbocycles. The fourth-order valence-electron chi connectivity index (χ4n) is 4.27. The van der Waals surface area contributed by atoms with Gasteiger partial charge in [-0.25, -0.2) is 0 Å². The van der Waals surface area contributed by atoms with E-state index in [1.54, 1.807) is 0 Å². The molecule has 2 amide bonds. The molecule has 2 N–H and O–H groups in total. The van der Waals surface area contributed by atoms with E-state index >= 15 is 0 Å². The molecule has 0 spiro atoms. The number of ether oxygens (including phenoxy) is 1. The Morgan fingerprint density at radius 1 is 0.865 bits per heavy atom. The number of carbonyl (C=O) groups excluding carboxylic acids is 2. The maximum absolute atomic E-state index is 13.5. The fraction of sp³-hybridized carbons (Fsp3) is 0.548. The number of nitrogens with one attached hydrogen (secondary N) is 2. The van der Waals surface area contributed by atoms with Gasteiger partial charge in [-0.15, -0.1) is 0 Å². The van der Waals surface area contributed by atoms with Crippen LogP contribution in [0, 0.1) is 11.8 Å². The number of rotatable bonds is 13. The van der Waals surface area contributed by atoms with Gasteiger partial charge in [0.1, 0.15) is 18.4 Å². The van der Waals surface area contributed by atoms with Gasteiger partial charge >= 0.3 is 0 Å². The third kappa shape index (κ3) is 11.4. The van der Waals surface area contributed by atoms with E-state index in [1.807, 2.05) is 82.4 Å². The van der Waals surface area contributed by atoms with E-state index in [2.05, 4.69) is 43.2 Å². The van der Waals surface area contributed by atoms with Gasteiger partial charge in [0.05, 0.1) is 6.04 Å². The molecular formula is C31H47N3O3. The predicted molar refractivity (Wildman–Crippen MR) is 151 cm³/mol. The Hall–Kier alpha value is -2.86. The second-order valence-electron chi connectivity index (χ2n) is 11.9. The number of nitrogens with zero attached hydrogens (tertiary/aromatic N) is 1. The summed E-state index contributed by atoms with van der Waals surface area (Å²) in [4.78, 5) is 28.9. The molecule has 2 rings (SSSR count). The Bertz CT molecular complexity index is 965. The van der Waals surface area contributed by atoms with Gasteiger partial charge in [0.15, 0.2) is 0 Å². The highest BCUT2D eigenvalue weighted by Gasteiger charge is 2.30. The van der Waals surface area contributed by atoms with E-state index in [4.69, 9.17) is 4.74 Å². The summed E-state index contributed by atoms with van der Waals surface area (Å²) in [6.45, 7) is 15.7. The Labute approximate surface area is 224 Å². The van der Waals surface area contributed by atoms with Crippen LogP contribution in [-0.2, 0) is 22.6 Å². The molecule has 204 valence electrons. The molecular weight excluding hydrogens is 462 g/mol. The SMILES string of the molecule is CC(C)C[C@H](C(=O)N[C@@H](Cc1ccc(OCc2ccccc2)cc1)C(=O)NC(C)(C)C)N(C)CC(C)C. The molecule has 0 heterocycles. The Balaban J connectivity index is 2.15. The van der Waals surface area contributed by atoms with E-state index < -0.39 is 11.6 Å². The van der Waals surface area contributed by atoms with Crippen LogP contribution in [0.2, 0.25) is 0 Å². The first-order valence-electron chi connectivity index (χ1n) is 13.4. The van der Waals surface area contributed by atoms with E-state index in [0.29, 0.717) is 24.9 Å². The lowest BCUT2D eigenvalue weighted by molar-refractivity contribution is -0.132. The minimum absolute atomic E-state index is 0.103. The normalized spacial score (nSPS) is 13.5. The van der Waals surface area contributed by atoms with Crippen LogP contribution < -0.4 is 15.4 Å². The molecule has 0 saturated heterocycles. The zero-order valence-corrected chi connectivity index (χ0v) is 24.0. The standard InChI is InChI=1S/C31H47N3O3/c1-22(2)18-28(34(8)20-23(3)4)30(36)32-27(29(35)33-31(5,6)7)19-24-14-16-26(17-15-24)37-21-25-12-10-9-11-13-25/h9-17,22-23,27-28H,18-21H2,1-8H3,(H,32,36)(H,33,35)/t27-,28+/m0/s1. The highest BCUT2D eigenvalue weighted by Crippen LogP contribution is 2.17. The van der Waals surface area contributed by atoms with Gasteiger partial charge in [-0.2, -0.15) is 0 Å². The van der Waals surface area contributed by atoms with Crippen molar-refractivity contribution in [1.82, 2.24) is 15.5 Å². The molecule has 0 aliphatic heterocycles. The minimum atomic E-state index is -0.676. The molecule has 2 aromatic rings. The third-order valence-corrected chi connectivity index (χ3v) is 5.93. The van der Waals surface area contributed by atoms with Gasteiger partial charge in [0.25, 0.3) is 0 Å². The first kappa shape index (κ1) is 30.4. The quantitative estimate of drug-likeness (QED) is 0.389. The topological polar surface area (TPSA) is 70.7 Å². The summed E-state index contributed by atoms with van der Waals surface area (Å²) < 4.78 is 5.90. The van der Waals surface area contributed by atoms with Crippen LogP contribution in [0.4, 0.5) is 0 Å². The van der Waals surface area contributed by atoms with Crippen molar-refractivity contribution in [2.24, 2.45) is 11.8 Å². The maximum atomic E-state index is 13.5. The van der Waals surface area contributed by atoms with Crippen molar-refractivity contribution in [2.45, 2.75) is 85.5 Å². The number of amides is 2. The molecule has 0 aliphatic rings. The van der Waals surface area contributed by atoms with Crippen LogP contribution in [-0.4, -0.2) is 47.9 Å². The summed E-state index contributed by atoms with van der Waals surface area (Å²) in [6.07, 6.45) is 1.13. The first-order valence-corrected chi connectivity index (χ1v) is 13.4. The highest BCUT2D eigenvalue weighted by molar-refractivity contribution is 5.90. The van der Waals surface area contributed by atoms with Crippen molar-refractivity contribution >= 4 is 11.8 Å². The Kier molecular flexibility index (Phi) is 11.6. The third-order valence-electron chi connectivity index (χ3n) is 5.93. The molecule has 0 aromatic heterocycles. The molecule has 37 heavy (non-hydrogen) atoms. The summed E-state index contributed by atoms with van der Waals surface area (Å²) in [5.74, 6) is 1.28.